The van der Waals surface area contributed by atoms with E-state index in [0.29, 0.717) is 23.9 Å². The van der Waals surface area contributed by atoms with Gasteiger partial charge in [0.2, 0.25) is 0 Å². The number of carbonyl (C=O) groups is 1. The first-order chi connectivity index (χ1) is 10.1. The highest BCUT2D eigenvalue weighted by molar-refractivity contribution is 5.98. The second kappa shape index (κ2) is 4.56. The van der Waals surface area contributed by atoms with Crippen LogP contribution in [-0.4, -0.2) is 39.1 Å². The van der Waals surface area contributed by atoms with E-state index in [1.54, 1.807) is 12.1 Å². The van der Waals surface area contributed by atoms with Crippen molar-refractivity contribution in [3.8, 4) is 0 Å². The molecule has 2 aliphatic heterocycles. The van der Waals surface area contributed by atoms with E-state index in [4.69, 9.17) is 0 Å². The Bertz CT molecular complexity index is 697. The van der Waals surface area contributed by atoms with Crippen LogP contribution in [-0.2, 0) is 0 Å². The van der Waals surface area contributed by atoms with Crippen molar-refractivity contribution in [3.05, 3.63) is 35.8 Å². The number of hydrogen-bond donors (Lipinski definition) is 2. The topological polar surface area (TPSA) is 56.3 Å². The molecule has 2 fully saturated rings. The van der Waals surface area contributed by atoms with Gasteiger partial charge in [-0.2, -0.15) is 0 Å². The highest BCUT2D eigenvalue weighted by Crippen LogP contribution is 2.36. The maximum absolute atomic E-state index is 13.2. The minimum absolute atomic E-state index is 0.0361. The lowest BCUT2D eigenvalue weighted by atomic mass is 9.99. The molecule has 2 aromatic rings. The molecular weight excluding hydrogens is 271 g/mol. The Balaban J connectivity index is 1.67. The van der Waals surface area contributed by atoms with Gasteiger partial charge in [-0.25, -0.2) is 4.39 Å². The average molecular weight is 288 g/mol. The highest BCUT2D eigenvalue weighted by Gasteiger charge is 2.43. The maximum Gasteiger partial charge on any atom is 0.270 e. The Morgan fingerprint density at radius 3 is 2.67 bits per heavy atom. The Morgan fingerprint density at radius 1 is 1.24 bits per heavy atom. The molecule has 1 aromatic heterocycles. The van der Waals surface area contributed by atoms with Crippen molar-refractivity contribution in [2.45, 2.75) is 43.9 Å². The van der Waals surface area contributed by atoms with Crippen LogP contribution in [0.1, 0.15) is 36.2 Å². The van der Waals surface area contributed by atoms with Crippen LogP contribution >= 0.6 is 0 Å². The number of aromatic amines is 1. The predicted molar refractivity (Wildman–Crippen MR) is 76.5 cm³/mol. The van der Waals surface area contributed by atoms with Crippen LogP contribution in [0.2, 0.25) is 0 Å². The summed E-state index contributed by atoms with van der Waals surface area (Å²) in [7, 11) is 0. The summed E-state index contributed by atoms with van der Waals surface area (Å²) < 4.78 is 13.2. The number of aliphatic hydroxyl groups is 1. The van der Waals surface area contributed by atoms with Gasteiger partial charge in [0.25, 0.3) is 5.91 Å². The predicted octanol–water partition coefficient (Wildman–Crippen LogP) is 2.43. The first-order valence-electron chi connectivity index (χ1n) is 7.41. The van der Waals surface area contributed by atoms with Gasteiger partial charge >= 0.3 is 0 Å². The van der Waals surface area contributed by atoms with E-state index < -0.39 is 0 Å². The van der Waals surface area contributed by atoms with Crippen molar-refractivity contribution in [1.29, 1.82) is 0 Å². The van der Waals surface area contributed by atoms with Crippen molar-refractivity contribution >= 4 is 16.8 Å². The van der Waals surface area contributed by atoms with Gasteiger partial charge < -0.3 is 15.0 Å². The minimum Gasteiger partial charge on any atom is -0.393 e. The van der Waals surface area contributed by atoms with E-state index in [-0.39, 0.29) is 29.9 Å². The number of halogens is 1. The number of carbonyl (C=O) groups excluding carboxylic acids is 1. The van der Waals surface area contributed by atoms with E-state index in [2.05, 4.69) is 4.98 Å². The minimum atomic E-state index is -0.304. The molecule has 0 spiro atoms. The Kier molecular flexibility index (Phi) is 2.79. The van der Waals surface area contributed by atoms with E-state index in [0.717, 1.165) is 18.4 Å². The van der Waals surface area contributed by atoms with Crippen molar-refractivity contribution in [3.63, 3.8) is 0 Å². The molecule has 3 atom stereocenters. The quantitative estimate of drug-likeness (QED) is 0.847. The van der Waals surface area contributed by atoms with Crippen LogP contribution in [0.5, 0.6) is 0 Å². The van der Waals surface area contributed by atoms with Gasteiger partial charge in [-0.1, -0.05) is 0 Å². The normalized spacial score (nSPS) is 28.3. The van der Waals surface area contributed by atoms with E-state index in [9.17, 15) is 14.3 Å². The van der Waals surface area contributed by atoms with Gasteiger partial charge in [0.15, 0.2) is 0 Å². The smallest absolute Gasteiger partial charge is 0.270 e. The van der Waals surface area contributed by atoms with Gasteiger partial charge in [-0.15, -0.1) is 0 Å². The SMILES string of the molecule is O=C(c1cc2cc(F)ccc2[nH]1)N1[C@@H]2CC[C@H]1CC(O)C2. The zero-order valence-corrected chi connectivity index (χ0v) is 11.6. The molecule has 0 saturated carbocycles. The van der Waals surface area contributed by atoms with Crippen LogP contribution in [0.4, 0.5) is 4.39 Å². The van der Waals surface area contributed by atoms with Crippen LogP contribution in [0.25, 0.3) is 10.9 Å². The molecule has 2 N–H and O–H groups in total. The molecule has 110 valence electrons. The fourth-order valence-corrected chi connectivity index (χ4v) is 3.84. The number of nitrogens with zero attached hydrogens (tertiary/aromatic N) is 1. The molecule has 2 bridgehead atoms. The van der Waals surface area contributed by atoms with Gasteiger partial charge in [0.1, 0.15) is 11.5 Å². The number of piperidine rings is 1. The highest BCUT2D eigenvalue weighted by atomic mass is 19.1. The molecule has 4 nitrogen and oxygen atoms in total. The van der Waals surface area contributed by atoms with Crippen molar-refractivity contribution < 1.29 is 14.3 Å². The largest absolute Gasteiger partial charge is 0.393 e. The number of fused-ring (bicyclic) bond motifs is 3. The average Bonchev–Trinajstić information content (AvgIpc) is 2.97. The summed E-state index contributed by atoms with van der Waals surface area (Å²) in [4.78, 5) is 17.7. The molecule has 2 aliphatic rings. The van der Waals surface area contributed by atoms with Gasteiger partial charge in [0, 0.05) is 23.0 Å². The number of aromatic nitrogens is 1. The van der Waals surface area contributed by atoms with Gasteiger partial charge in [0.05, 0.1) is 6.10 Å². The maximum atomic E-state index is 13.2. The summed E-state index contributed by atoms with van der Waals surface area (Å²) >= 11 is 0. The van der Waals surface area contributed by atoms with Crippen LogP contribution in [0, 0.1) is 5.82 Å². The van der Waals surface area contributed by atoms with Crippen LogP contribution < -0.4 is 0 Å². The molecule has 1 aromatic carbocycles. The number of aliphatic hydroxyl groups excluding tert-OH is 1. The first kappa shape index (κ1) is 12.8. The van der Waals surface area contributed by atoms with Crippen LogP contribution in [0.3, 0.4) is 0 Å². The van der Waals surface area contributed by atoms with Gasteiger partial charge in [-0.05, 0) is 49.9 Å². The van der Waals surface area contributed by atoms with E-state index in [1.807, 2.05) is 4.90 Å². The zero-order valence-electron chi connectivity index (χ0n) is 11.6. The zero-order chi connectivity index (χ0) is 14.6. The van der Waals surface area contributed by atoms with Crippen molar-refractivity contribution in [2.24, 2.45) is 0 Å². The third-order valence-electron chi connectivity index (χ3n) is 4.76. The molecule has 1 amide bonds. The summed E-state index contributed by atoms with van der Waals surface area (Å²) in [6.07, 6.45) is 2.96. The molecule has 21 heavy (non-hydrogen) atoms. The Labute approximate surface area is 121 Å². The van der Waals surface area contributed by atoms with Crippen molar-refractivity contribution in [1.82, 2.24) is 9.88 Å². The number of benzene rings is 1. The fourth-order valence-electron chi connectivity index (χ4n) is 3.84. The molecule has 1 unspecified atom stereocenters. The third-order valence-corrected chi connectivity index (χ3v) is 4.76. The van der Waals surface area contributed by atoms with E-state index >= 15 is 0 Å². The monoisotopic (exact) mass is 288 g/mol. The third kappa shape index (κ3) is 2.03. The standard InChI is InChI=1S/C16H17FN2O2/c17-10-1-4-14-9(5-10)6-15(18-14)16(21)19-11-2-3-12(19)8-13(20)7-11/h1,4-6,11-13,18,20H,2-3,7-8H2/t11-,12+,13?. The first-order valence-corrected chi connectivity index (χ1v) is 7.41. The second-order valence-electron chi connectivity index (χ2n) is 6.14. The summed E-state index contributed by atoms with van der Waals surface area (Å²) in [6.45, 7) is 0. The summed E-state index contributed by atoms with van der Waals surface area (Å²) in [6, 6.07) is 6.44. The Morgan fingerprint density at radius 2 is 1.95 bits per heavy atom. The lowest BCUT2D eigenvalue weighted by molar-refractivity contribution is 0.0283. The lowest BCUT2D eigenvalue weighted by Crippen LogP contribution is -2.48. The fraction of sp³-hybridized carbons (Fsp3) is 0.438. The molecular formula is C16H17FN2O2. The summed E-state index contributed by atoms with van der Waals surface area (Å²) in [5.74, 6) is -0.340. The number of nitrogens with one attached hydrogen (secondary N) is 1. The number of rotatable bonds is 1. The Hall–Kier alpha value is -1.88. The molecule has 2 saturated heterocycles. The molecule has 4 rings (SSSR count). The number of hydrogen-bond acceptors (Lipinski definition) is 2. The van der Waals surface area contributed by atoms with Gasteiger partial charge in [-0.3, -0.25) is 4.79 Å². The lowest BCUT2D eigenvalue weighted by Gasteiger charge is -2.36. The number of amides is 1. The van der Waals surface area contributed by atoms with Crippen LogP contribution in [0.15, 0.2) is 24.3 Å². The van der Waals surface area contributed by atoms with E-state index in [1.165, 1.54) is 12.1 Å². The molecule has 0 radical (unpaired) electrons. The molecule has 0 aliphatic carbocycles. The summed E-state index contributed by atoms with van der Waals surface area (Å²) in [5, 5.41) is 10.5. The molecule has 3 heterocycles. The summed E-state index contributed by atoms with van der Waals surface area (Å²) in [5.41, 5.74) is 1.27. The number of H-pyrrole nitrogens is 1. The molecule has 5 heteroatoms. The van der Waals surface area contributed by atoms with Crippen molar-refractivity contribution in [2.75, 3.05) is 0 Å². The second-order valence-corrected chi connectivity index (χ2v) is 6.14.